The Bertz CT molecular complexity index is 404. The van der Waals surface area contributed by atoms with E-state index in [1.165, 1.54) is 12.1 Å². The summed E-state index contributed by atoms with van der Waals surface area (Å²) in [6.45, 7) is 1.84. The van der Waals surface area contributed by atoms with Crippen molar-refractivity contribution in [3.63, 3.8) is 0 Å². The first-order valence-corrected chi connectivity index (χ1v) is 5.69. The van der Waals surface area contributed by atoms with Crippen LogP contribution < -0.4 is 5.32 Å². The number of carbonyl (C=O) groups is 1. The molecule has 4 heteroatoms. The lowest BCUT2D eigenvalue weighted by Crippen LogP contribution is -2.43. The summed E-state index contributed by atoms with van der Waals surface area (Å²) in [4.78, 5) is 11.7. The molecule has 1 aliphatic heterocycles. The van der Waals surface area contributed by atoms with Crippen molar-refractivity contribution < 1.29 is 9.18 Å². The van der Waals surface area contributed by atoms with Crippen LogP contribution in [-0.2, 0) is 11.2 Å². The molecule has 0 atom stereocenters. The summed E-state index contributed by atoms with van der Waals surface area (Å²) in [6.07, 6.45) is 0.885. The standard InChI is InChI=1S/C12H13ClFNO/c13-12-5-10(14)2-1-9(12)4-11(16)3-8-6-15-7-8/h1-2,5,8,15H,3-4,6-7H2. The normalized spacial score (nSPS) is 15.9. The van der Waals surface area contributed by atoms with Crippen LogP contribution in [0.25, 0.3) is 0 Å². The van der Waals surface area contributed by atoms with Crippen molar-refractivity contribution in [3.8, 4) is 0 Å². The van der Waals surface area contributed by atoms with Gasteiger partial charge in [-0.2, -0.15) is 0 Å². The maximum absolute atomic E-state index is 12.8. The Morgan fingerprint density at radius 2 is 2.25 bits per heavy atom. The third-order valence-electron chi connectivity index (χ3n) is 2.79. The first-order valence-electron chi connectivity index (χ1n) is 5.31. The van der Waals surface area contributed by atoms with Crippen molar-refractivity contribution in [1.29, 1.82) is 0 Å². The number of rotatable bonds is 4. The zero-order chi connectivity index (χ0) is 11.5. The zero-order valence-corrected chi connectivity index (χ0v) is 9.56. The Hall–Kier alpha value is -0.930. The highest BCUT2D eigenvalue weighted by Gasteiger charge is 2.20. The fraction of sp³-hybridized carbons (Fsp3) is 0.417. The SMILES string of the molecule is O=C(Cc1ccc(F)cc1Cl)CC1CNC1. The minimum absolute atomic E-state index is 0.167. The van der Waals surface area contributed by atoms with Crippen molar-refractivity contribution in [1.82, 2.24) is 5.32 Å². The highest BCUT2D eigenvalue weighted by Crippen LogP contribution is 2.19. The molecule has 0 spiro atoms. The van der Waals surface area contributed by atoms with Gasteiger partial charge < -0.3 is 5.32 Å². The molecule has 2 rings (SSSR count). The van der Waals surface area contributed by atoms with E-state index in [1.807, 2.05) is 0 Å². The topological polar surface area (TPSA) is 29.1 Å². The third kappa shape index (κ3) is 2.80. The molecule has 0 radical (unpaired) electrons. The van der Waals surface area contributed by atoms with E-state index in [1.54, 1.807) is 6.07 Å². The van der Waals surface area contributed by atoms with Crippen LogP contribution >= 0.6 is 11.6 Å². The third-order valence-corrected chi connectivity index (χ3v) is 3.14. The maximum atomic E-state index is 12.8. The van der Waals surface area contributed by atoms with Gasteiger partial charge in [-0.15, -0.1) is 0 Å². The number of hydrogen-bond acceptors (Lipinski definition) is 2. The zero-order valence-electron chi connectivity index (χ0n) is 8.80. The van der Waals surface area contributed by atoms with E-state index in [0.29, 0.717) is 29.3 Å². The summed E-state index contributed by atoms with van der Waals surface area (Å²) in [7, 11) is 0. The predicted octanol–water partition coefficient (Wildman–Crippen LogP) is 2.20. The Morgan fingerprint density at radius 1 is 1.50 bits per heavy atom. The van der Waals surface area contributed by atoms with E-state index in [4.69, 9.17) is 11.6 Å². The number of benzene rings is 1. The number of ketones is 1. The Kier molecular flexibility index (Phi) is 3.56. The molecule has 1 aromatic carbocycles. The number of hydrogen-bond donors (Lipinski definition) is 1. The molecule has 86 valence electrons. The average molecular weight is 242 g/mol. The first kappa shape index (κ1) is 11.6. The number of Topliss-reactive ketones (excluding diaryl/α,β-unsaturated/α-hetero) is 1. The number of carbonyl (C=O) groups excluding carboxylic acids is 1. The molecule has 1 saturated heterocycles. The molecule has 0 unspecified atom stereocenters. The minimum Gasteiger partial charge on any atom is -0.316 e. The molecular formula is C12H13ClFNO. The van der Waals surface area contributed by atoms with E-state index in [-0.39, 0.29) is 11.6 Å². The number of halogens is 2. The maximum Gasteiger partial charge on any atom is 0.137 e. The summed E-state index contributed by atoms with van der Waals surface area (Å²) >= 11 is 5.85. The van der Waals surface area contributed by atoms with E-state index < -0.39 is 0 Å². The molecule has 0 aromatic heterocycles. The van der Waals surface area contributed by atoms with Crippen LogP contribution in [0, 0.1) is 11.7 Å². The predicted molar refractivity (Wildman–Crippen MR) is 61.1 cm³/mol. The smallest absolute Gasteiger partial charge is 0.137 e. The molecule has 1 aliphatic rings. The lowest BCUT2D eigenvalue weighted by molar-refractivity contribution is -0.119. The van der Waals surface area contributed by atoms with Gasteiger partial charge in [-0.05, 0) is 36.7 Å². The highest BCUT2D eigenvalue weighted by atomic mass is 35.5. The van der Waals surface area contributed by atoms with Crippen molar-refractivity contribution in [2.24, 2.45) is 5.92 Å². The van der Waals surface area contributed by atoms with Gasteiger partial charge in [0.15, 0.2) is 0 Å². The quantitative estimate of drug-likeness (QED) is 0.876. The molecule has 16 heavy (non-hydrogen) atoms. The fourth-order valence-corrected chi connectivity index (χ4v) is 2.00. The lowest BCUT2D eigenvalue weighted by atomic mass is 9.94. The molecule has 0 aliphatic carbocycles. The molecule has 1 heterocycles. The van der Waals surface area contributed by atoms with Crippen LogP contribution in [0.1, 0.15) is 12.0 Å². The Labute approximate surface area is 98.8 Å². The molecule has 1 fully saturated rings. The highest BCUT2D eigenvalue weighted by molar-refractivity contribution is 6.31. The summed E-state index contributed by atoms with van der Waals surface area (Å²) in [5.74, 6) is 0.260. The van der Waals surface area contributed by atoms with Crippen molar-refractivity contribution >= 4 is 17.4 Å². The van der Waals surface area contributed by atoms with Gasteiger partial charge in [0.1, 0.15) is 11.6 Å². The van der Waals surface area contributed by atoms with Gasteiger partial charge in [0.25, 0.3) is 0 Å². The summed E-state index contributed by atoms with van der Waals surface area (Å²) < 4.78 is 12.8. The van der Waals surface area contributed by atoms with Gasteiger partial charge >= 0.3 is 0 Å². The van der Waals surface area contributed by atoms with E-state index in [9.17, 15) is 9.18 Å². The molecule has 2 nitrogen and oxygen atoms in total. The van der Waals surface area contributed by atoms with Gasteiger partial charge in [0.05, 0.1) is 0 Å². The monoisotopic (exact) mass is 241 g/mol. The summed E-state index contributed by atoms with van der Waals surface area (Å²) in [6, 6.07) is 4.16. The second-order valence-electron chi connectivity index (χ2n) is 4.18. The first-order chi connectivity index (χ1) is 7.65. The largest absolute Gasteiger partial charge is 0.316 e. The molecule has 0 bridgehead atoms. The summed E-state index contributed by atoms with van der Waals surface area (Å²) in [5.41, 5.74) is 0.709. The van der Waals surface area contributed by atoms with E-state index in [0.717, 1.165) is 13.1 Å². The van der Waals surface area contributed by atoms with Crippen LogP contribution in [0.3, 0.4) is 0 Å². The van der Waals surface area contributed by atoms with Gasteiger partial charge in [0, 0.05) is 17.9 Å². The molecule has 0 amide bonds. The van der Waals surface area contributed by atoms with Crippen LogP contribution in [0.4, 0.5) is 4.39 Å². The fourth-order valence-electron chi connectivity index (χ4n) is 1.76. The number of nitrogens with one attached hydrogen (secondary N) is 1. The molecule has 1 aromatic rings. The van der Waals surface area contributed by atoms with Gasteiger partial charge in [-0.3, -0.25) is 4.79 Å². The molecule has 1 N–H and O–H groups in total. The minimum atomic E-state index is -0.371. The van der Waals surface area contributed by atoms with Gasteiger partial charge in [-0.25, -0.2) is 4.39 Å². The Morgan fingerprint density at radius 3 is 2.81 bits per heavy atom. The summed E-state index contributed by atoms with van der Waals surface area (Å²) in [5, 5.41) is 3.45. The average Bonchev–Trinajstić information content (AvgIpc) is 2.16. The van der Waals surface area contributed by atoms with Crippen molar-refractivity contribution in [2.75, 3.05) is 13.1 Å². The Balaban J connectivity index is 1.94. The van der Waals surface area contributed by atoms with Gasteiger partial charge in [0.2, 0.25) is 0 Å². The van der Waals surface area contributed by atoms with Crippen LogP contribution in [0.15, 0.2) is 18.2 Å². The van der Waals surface area contributed by atoms with E-state index >= 15 is 0 Å². The second-order valence-corrected chi connectivity index (χ2v) is 4.59. The second kappa shape index (κ2) is 4.93. The van der Waals surface area contributed by atoms with Gasteiger partial charge in [-0.1, -0.05) is 17.7 Å². The van der Waals surface area contributed by atoms with Crippen LogP contribution in [0.2, 0.25) is 5.02 Å². The van der Waals surface area contributed by atoms with Crippen molar-refractivity contribution in [3.05, 3.63) is 34.6 Å². The van der Waals surface area contributed by atoms with Crippen LogP contribution in [-0.4, -0.2) is 18.9 Å². The molecule has 0 saturated carbocycles. The molecular weight excluding hydrogens is 229 g/mol. The van der Waals surface area contributed by atoms with Crippen LogP contribution in [0.5, 0.6) is 0 Å². The lowest BCUT2D eigenvalue weighted by Gasteiger charge is -2.26. The van der Waals surface area contributed by atoms with Crippen molar-refractivity contribution in [2.45, 2.75) is 12.8 Å². The van der Waals surface area contributed by atoms with E-state index in [2.05, 4.69) is 5.32 Å².